The summed E-state index contributed by atoms with van der Waals surface area (Å²) in [5, 5.41) is 4.73. The van der Waals surface area contributed by atoms with Crippen LogP contribution in [-0.4, -0.2) is 0 Å². The van der Waals surface area contributed by atoms with Crippen molar-refractivity contribution < 1.29 is 4.42 Å². The summed E-state index contributed by atoms with van der Waals surface area (Å²) in [5.41, 5.74) is 16.8. The molecule has 0 spiro atoms. The van der Waals surface area contributed by atoms with Crippen molar-refractivity contribution in [2.75, 3.05) is 4.90 Å². The van der Waals surface area contributed by atoms with Crippen LogP contribution >= 0.6 is 0 Å². The van der Waals surface area contributed by atoms with Gasteiger partial charge in [-0.25, -0.2) is 0 Å². The fraction of sp³-hybridized carbons (Fsp3) is 0. The van der Waals surface area contributed by atoms with Crippen molar-refractivity contribution >= 4 is 49.8 Å². The van der Waals surface area contributed by atoms with Crippen LogP contribution in [0.1, 0.15) is 0 Å². The number of rotatable bonds is 8. The van der Waals surface area contributed by atoms with Gasteiger partial charge in [-0.15, -0.1) is 0 Å². The molecule has 0 aliphatic carbocycles. The van der Waals surface area contributed by atoms with Crippen molar-refractivity contribution in [2.24, 2.45) is 0 Å². The number of furan rings is 1. The molecule has 0 amide bonds. The largest absolute Gasteiger partial charge is 0.456 e. The van der Waals surface area contributed by atoms with E-state index < -0.39 is 0 Å². The zero-order valence-corrected chi connectivity index (χ0v) is 32.9. The Morgan fingerprint density at radius 2 is 0.800 bits per heavy atom. The standard InChI is InChI=1S/C58H39NO/c1-3-15-43(16-4-1)50-20-9-10-22-53(50)58-51(44-17-5-2-6-18-44)23-13-24-55(58)59(48-33-28-41(29-34-48)46-27-26-40-14-7-8-19-45(40)38-46)49-35-30-42(31-36-49)47-32-37-57-54(39-47)52-21-11-12-25-56(52)60-57/h1-39H. The molecule has 0 N–H and O–H groups in total. The van der Waals surface area contributed by atoms with Crippen molar-refractivity contribution in [3.63, 3.8) is 0 Å². The second-order valence-electron chi connectivity index (χ2n) is 15.3. The van der Waals surface area contributed by atoms with Crippen LogP contribution in [0.25, 0.3) is 88.3 Å². The number of fused-ring (bicyclic) bond motifs is 4. The highest BCUT2D eigenvalue weighted by Crippen LogP contribution is 2.48. The van der Waals surface area contributed by atoms with Crippen LogP contribution in [0, 0.1) is 0 Å². The molecule has 11 rings (SSSR count). The van der Waals surface area contributed by atoms with Crippen LogP contribution in [-0.2, 0) is 0 Å². The third-order valence-corrected chi connectivity index (χ3v) is 11.7. The van der Waals surface area contributed by atoms with Gasteiger partial charge in [0.1, 0.15) is 11.2 Å². The molecular weight excluding hydrogens is 727 g/mol. The Kier molecular flexibility index (Phi) is 8.87. The summed E-state index contributed by atoms with van der Waals surface area (Å²) in [6.45, 7) is 0. The number of hydrogen-bond acceptors (Lipinski definition) is 2. The second-order valence-corrected chi connectivity index (χ2v) is 15.3. The maximum atomic E-state index is 6.17. The summed E-state index contributed by atoms with van der Waals surface area (Å²) in [5.74, 6) is 0. The van der Waals surface area contributed by atoms with E-state index in [0.717, 1.165) is 50.1 Å². The molecule has 0 aliphatic rings. The highest BCUT2D eigenvalue weighted by molar-refractivity contribution is 6.06. The maximum Gasteiger partial charge on any atom is 0.135 e. The van der Waals surface area contributed by atoms with Gasteiger partial charge in [0.2, 0.25) is 0 Å². The number of anilines is 3. The van der Waals surface area contributed by atoms with Gasteiger partial charge in [-0.2, -0.15) is 0 Å². The van der Waals surface area contributed by atoms with Gasteiger partial charge in [-0.3, -0.25) is 0 Å². The molecule has 0 atom stereocenters. The Bertz CT molecular complexity index is 3290. The number of benzene rings is 10. The van der Waals surface area contributed by atoms with Crippen LogP contribution < -0.4 is 4.90 Å². The molecule has 2 heteroatoms. The van der Waals surface area contributed by atoms with Crippen molar-refractivity contribution in [1.82, 2.24) is 0 Å². The van der Waals surface area contributed by atoms with E-state index in [1.165, 1.54) is 55.3 Å². The van der Waals surface area contributed by atoms with Crippen molar-refractivity contribution in [3.05, 3.63) is 237 Å². The molecule has 60 heavy (non-hydrogen) atoms. The van der Waals surface area contributed by atoms with Crippen LogP contribution in [0.15, 0.2) is 241 Å². The van der Waals surface area contributed by atoms with Gasteiger partial charge >= 0.3 is 0 Å². The minimum atomic E-state index is 0.900. The Morgan fingerprint density at radius 1 is 0.283 bits per heavy atom. The second kappa shape index (κ2) is 15.1. The van der Waals surface area contributed by atoms with Gasteiger partial charge in [-0.1, -0.05) is 182 Å². The number of para-hydroxylation sites is 1. The topological polar surface area (TPSA) is 16.4 Å². The lowest BCUT2D eigenvalue weighted by molar-refractivity contribution is 0.669. The van der Waals surface area contributed by atoms with Gasteiger partial charge in [-0.05, 0) is 115 Å². The summed E-state index contributed by atoms with van der Waals surface area (Å²) in [4.78, 5) is 2.42. The normalized spacial score (nSPS) is 11.3. The van der Waals surface area contributed by atoms with E-state index in [2.05, 4.69) is 229 Å². The molecule has 0 saturated heterocycles. The molecular formula is C58H39NO. The monoisotopic (exact) mass is 765 g/mol. The van der Waals surface area contributed by atoms with E-state index in [1.54, 1.807) is 0 Å². The van der Waals surface area contributed by atoms with E-state index in [4.69, 9.17) is 4.42 Å². The molecule has 2 nitrogen and oxygen atoms in total. The van der Waals surface area contributed by atoms with Crippen molar-refractivity contribution in [3.8, 4) is 55.6 Å². The first-order valence-electron chi connectivity index (χ1n) is 20.5. The molecule has 1 heterocycles. The SMILES string of the molecule is c1ccc(-c2ccccc2-c2c(-c3ccccc3)cccc2N(c2ccc(-c3ccc4ccccc4c3)cc2)c2ccc(-c3ccc4oc5ccccc5c4c3)cc2)cc1. The van der Waals surface area contributed by atoms with E-state index in [0.29, 0.717) is 0 Å². The summed E-state index contributed by atoms with van der Waals surface area (Å²) >= 11 is 0. The molecule has 0 radical (unpaired) electrons. The van der Waals surface area contributed by atoms with Crippen LogP contribution in [0.5, 0.6) is 0 Å². The molecule has 1 aromatic heterocycles. The molecule has 10 aromatic carbocycles. The summed E-state index contributed by atoms with van der Waals surface area (Å²) in [6, 6.07) is 85.1. The molecule has 11 aromatic rings. The third kappa shape index (κ3) is 6.41. The van der Waals surface area contributed by atoms with Crippen LogP contribution in [0.3, 0.4) is 0 Å². The summed E-state index contributed by atoms with van der Waals surface area (Å²) in [6.07, 6.45) is 0. The molecule has 0 fully saturated rings. The zero-order valence-electron chi connectivity index (χ0n) is 32.9. The Morgan fingerprint density at radius 3 is 1.52 bits per heavy atom. The first-order valence-corrected chi connectivity index (χ1v) is 20.5. The quantitative estimate of drug-likeness (QED) is 0.153. The Balaban J connectivity index is 1.10. The average Bonchev–Trinajstić information content (AvgIpc) is 3.70. The predicted octanol–water partition coefficient (Wildman–Crippen LogP) is 16.5. The van der Waals surface area contributed by atoms with E-state index in [1.807, 2.05) is 12.1 Å². The first-order chi connectivity index (χ1) is 29.7. The van der Waals surface area contributed by atoms with Crippen LogP contribution in [0.2, 0.25) is 0 Å². The molecule has 0 aliphatic heterocycles. The van der Waals surface area contributed by atoms with E-state index >= 15 is 0 Å². The number of hydrogen-bond donors (Lipinski definition) is 0. The fourth-order valence-electron chi connectivity index (χ4n) is 8.75. The van der Waals surface area contributed by atoms with Gasteiger partial charge < -0.3 is 9.32 Å². The molecule has 0 unspecified atom stereocenters. The van der Waals surface area contributed by atoms with Crippen LogP contribution in [0.4, 0.5) is 17.1 Å². The van der Waals surface area contributed by atoms with Gasteiger partial charge in [0, 0.05) is 27.7 Å². The highest BCUT2D eigenvalue weighted by atomic mass is 16.3. The fourth-order valence-corrected chi connectivity index (χ4v) is 8.75. The lowest BCUT2D eigenvalue weighted by Crippen LogP contribution is -2.12. The van der Waals surface area contributed by atoms with Gasteiger partial charge in [0.25, 0.3) is 0 Å². The Labute approximate surface area is 349 Å². The zero-order chi connectivity index (χ0) is 39.8. The molecule has 282 valence electrons. The predicted molar refractivity (Wildman–Crippen MR) is 253 cm³/mol. The van der Waals surface area contributed by atoms with Crippen molar-refractivity contribution in [1.29, 1.82) is 0 Å². The van der Waals surface area contributed by atoms with Crippen molar-refractivity contribution in [2.45, 2.75) is 0 Å². The minimum absolute atomic E-state index is 0.900. The summed E-state index contributed by atoms with van der Waals surface area (Å²) < 4.78 is 6.17. The van der Waals surface area contributed by atoms with Gasteiger partial charge in [0.15, 0.2) is 0 Å². The van der Waals surface area contributed by atoms with E-state index in [-0.39, 0.29) is 0 Å². The highest BCUT2D eigenvalue weighted by Gasteiger charge is 2.23. The minimum Gasteiger partial charge on any atom is -0.456 e. The average molecular weight is 766 g/mol. The summed E-state index contributed by atoms with van der Waals surface area (Å²) in [7, 11) is 0. The third-order valence-electron chi connectivity index (χ3n) is 11.7. The maximum absolute atomic E-state index is 6.17. The molecule has 0 bridgehead atoms. The smallest absolute Gasteiger partial charge is 0.135 e. The Hall–Kier alpha value is -7.94. The number of nitrogens with zero attached hydrogens (tertiary/aromatic N) is 1. The molecule has 0 saturated carbocycles. The lowest BCUT2D eigenvalue weighted by atomic mass is 9.87. The lowest BCUT2D eigenvalue weighted by Gasteiger charge is -2.30. The first kappa shape index (κ1) is 35.2. The van der Waals surface area contributed by atoms with E-state index in [9.17, 15) is 0 Å². The van der Waals surface area contributed by atoms with Gasteiger partial charge in [0.05, 0.1) is 5.69 Å².